The summed E-state index contributed by atoms with van der Waals surface area (Å²) in [6.45, 7) is 1.94. The van der Waals surface area contributed by atoms with Crippen LogP contribution in [0.25, 0.3) is 0 Å². The molecular formula is C13H16N2O. The molecule has 0 N–H and O–H groups in total. The van der Waals surface area contributed by atoms with Gasteiger partial charge >= 0.3 is 0 Å². The van der Waals surface area contributed by atoms with Crippen LogP contribution in [0.1, 0.15) is 29.6 Å². The molecule has 1 aliphatic rings. The maximum absolute atomic E-state index is 11.7. The van der Waals surface area contributed by atoms with Crippen LogP contribution < -0.4 is 0 Å². The molecule has 84 valence electrons. The minimum Gasteiger partial charge on any atom is -0.297 e. The number of hydrazone groups is 1. The van der Waals surface area contributed by atoms with Gasteiger partial charge in [-0.3, -0.25) is 9.80 Å². The van der Waals surface area contributed by atoms with Gasteiger partial charge in [-0.2, -0.15) is 5.10 Å². The fraction of sp³-hybridized carbons (Fsp3) is 0.385. The molecule has 1 aromatic rings. The minimum atomic E-state index is -0.0221. The number of ketones is 1. The van der Waals surface area contributed by atoms with E-state index in [0.717, 1.165) is 13.1 Å². The number of benzene rings is 1. The van der Waals surface area contributed by atoms with E-state index >= 15 is 0 Å². The third-order valence-corrected chi connectivity index (χ3v) is 2.73. The van der Waals surface area contributed by atoms with E-state index in [-0.39, 0.29) is 5.78 Å². The standard InChI is InChI=1S/C13H16N2O/c16-13(12-7-3-1-4-8-12)11-14-15-9-5-2-6-10-15/h1,3-4,7-8,11H,2,5-6,9-10H2/b14-11-. The van der Waals surface area contributed by atoms with Crippen molar-refractivity contribution in [2.45, 2.75) is 19.3 Å². The van der Waals surface area contributed by atoms with E-state index in [1.165, 1.54) is 25.5 Å². The Kier molecular flexibility index (Phi) is 3.70. The maximum Gasteiger partial charge on any atom is 0.205 e. The lowest BCUT2D eigenvalue weighted by atomic mass is 10.1. The van der Waals surface area contributed by atoms with Crippen LogP contribution in [-0.2, 0) is 0 Å². The van der Waals surface area contributed by atoms with Gasteiger partial charge in [-0.05, 0) is 19.3 Å². The largest absolute Gasteiger partial charge is 0.297 e. The van der Waals surface area contributed by atoms with Crippen molar-refractivity contribution in [2.24, 2.45) is 5.10 Å². The molecular weight excluding hydrogens is 200 g/mol. The van der Waals surface area contributed by atoms with Crippen LogP contribution >= 0.6 is 0 Å². The molecule has 0 radical (unpaired) electrons. The van der Waals surface area contributed by atoms with Gasteiger partial charge in [0, 0.05) is 18.7 Å². The number of piperidine rings is 1. The molecule has 0 amide bonds. The molecule has 1 heterocycles. The van der Waals surface area contributed by atoms with Gasteiger partial charge in [0.25, 0.3) is 0 Å². The Balaban J connectivity index is 1.94. The fourth-order valence-corrected chi connectivity index (χ4v) is 1.80. The van der Waals surface area contributed by atoms with Crippen molar-refractivity contribution in [2.75, 3.05) is 13.1 Å². The number of carbonyl (C=O) groups is 1. The summed E-state index contributed by atoms with van der Waals surface area (Å²) in [5.74, 6) is -0.0221. The first-order valence-corrected chi connectivity index (χ1v) is 5.74. The summed E-state index contributed by atoms with van der Waals surface area (Å²) in [7, 11) is 0. The monoisotopic (exact) mass is 216 g/mol. The van der Waals surface area contributed by atoms with Crippen LogP contribution in [-0.4, -0.2) is 30.1 Å². The average molecular weight is 216 g/mol. The highest BCUT2D eigenvalue weighted by Gasteiger charge is 2.07. The second kappa shape index (κ2) is 5.45. The maximum atomic E-state index is 11.7. The highest BCUT2D eigenvalue weighted by Crippen LogP contribution is 2.08. The van der Waals surface area contributed by atoms with Crippen molar-refractivity contribution in [1.82, 2.24) is 5.01 Å². The Morgan fingerprint density at radius 2 is 1.81 bits per heavy atom. The van der Waals surface area contributed by atoms with Crippen molar-refractivity contribution < 1.29 is 4.79 Å². The van der Waals surface area contributed by atoms with E-state index in [4.69, 9.17) is 0 Å². The van der Waals surface area contributed by atoms with Crippen molar-refractivity contribution in [1.29, 1.82) is 0 Å². The summed E-state index contributed by atoms with van der Waals surface area (Å²) >= 11 is 0. The Hall–Kier alpha value is -1.64. The number of rotatable bonds is 3. The summed E-state index contributed by atoms with van der Waals surface area (Å²) in [5.41, 5.74) is 0.697. The van der Waals surface area contributed by atoms with Gasteiger partial charge in [-0.15, -0.1) is 0 Å². The van der Waals surface area contributed by atoms with Gasteiger partial charge in [0.2, 0.25) is 5.78 Å². The van der Waals surface area contributed by atoms with Crippen LogP contribution in [0.15, 0.2) is 35.4 Å². The third kappa shape index (κ3) is 2.92. The van der Waals surface area contributed by atoms with Gasteiger partial charge in [0.1, 0.15) is 0 Å². The van der Waals surface area contributed by atoms with Crippen molar-refractivity contribution >= 4 is 12.0 Å². The minimum absolute atomic E-state index is 0.0221. The number of hydrogen-bond donors (Lipinski definition) is 0. The normalized spacial score (nSPS) is 16.6. The van der Waals surface area contributed by atoms with Crippen LogP contribution in [0.4, 0.5) is 0 Å². The van der Waals surface area contributed by atoms with E-state index in [2.05, 4.69) is 5.10 Å². The fourth-order valence-electron chi connectivity index (χ4n) is 1.80. The molecule has 0 saturated carbocycles. The molecule has 16 heavy (non-hydrogen) atoms. The van der Waals surface area contributed by atoms with E-state index in [1.54, 1.807) is 0 Å². The van der Waals surface area contributed by atoms with E-state index in [0.29, 0.717) is 5.56 Å². The predicted molar refractivity (Wildman–Crippen MR) is 64.7 cm³/mol. The zero-order valence-electron chi connectivity index (χ0n) is 9.30. The van der Waals surface area contributed by atoms with E-state index in [1.807, 2.05) is 35.3 Å². The van der Waals surface area contributed by atoms with Gasteiger partial charge in [-0.25, -0.2) is 0 Å². The molecule has 1 fully saturated rings. The Bertz CT molecular complexity index is 367. The summed E-state index contributed by atoms with van der Waals surface area (Å²) in [4.78, 5) is 11.7. The molecule has 3 heteroatoms. The molecule has 2 rings (SSSR count). The first-order chi connectivity index (χ1) is 7.86. The van der Waals surface area contributed by atoms with Crippen molar-refractivity contribution in [3.8, 4) is 0 Å². The highest BCUT2D eigenvalue weighted by molar-refractivity contribution is 6.35. The zero-order chi connectivity index (χ0) is 11.2. The second-order valence-corrected chi connectivity index (χ2v) is 3.99. The molecule has 0 bridgehead atoms. The number of carbonyl (C=O) groups excluding carboxylic acids is 1. The number of hydrogen-bond acceptors (Lipinski definition) is 3. The van der Waals surface area contributed by atoms with E-state index in [9.17, 15) is 4.79 Å². The van der Waals surface area contributed by atoms with Crippen molar-refractivity contribution in [3.05, 3.63) is 35.9 Å². The molecule has 1 aliphatic heterocycles. The highest BCUT2D eigenvalue weighted by atomic mass is 16.1. The van der Waals surface area contributed by atoms with Crippen molar-refractivity contribution in [3.63, 3.8) is 0 Å². The van der Waals surface area contributed by atoms with Crippen LogP contribution in [0.5, 0.6) is 0 Å². The SMILES string of the molecule is O=C(/C=N\N1CCCCC1)c1ccccc1. The van der Waals surface area contributed by atoms with E-state index < -0.39 is 0 Å². The topological polar surface area (TPSA) is 32.7 Å². The molecule has 1 aromatic carbocycles. The molecule has 0 unspecified atom stereocenters. The summed E-state index contributed by atoms with van der Waals surface area (Å²) in [5, 5.41) is 6.19. The Labute approximate surface area is 95.8 Å². The molecule has 0 aliphatic carbocycles. The van der Waals surface area contributed by atoms with Crippen LogP contribution in [0, 0.1) is 0 Å². The molecule has 0 aromatic heterocycles. The zero-order valence-corrected chi connectivity index (χ0v) is 9.30. The summed E-state index contributed by atoms with van der Waals surface area (Å²) in [6.07, 6.45) is 5.06. The lowest BCUT2D eigenvalue weighted by Crippen LogP contribution is -2.25. The quantitative estimate of drug-likeness (QED) is 0.574. The molecule has 0 atom stereocenters. The Morgan fingerprint density at radius 3 is 2.50 bits per heavy atom. The van der Waals surface area contributed by atoms with Gasteiger partial charge in [0.15, 0.2) is 0 Å². The summed E-state index contributed by atoms with van der Waals surface area (Å²) in [6, 6.07) is 9.25. The lowest BCUT2D eigenvalue weighted by molar-refractivity contribution is 0.106. The lowest BCUT2D eigenvalue weighted by Gasteiger charge is -2.22. The van der Waals surface area contributed by atoms with Gasteiger partial charge < -0.3 is 0 Å². The molecule has 0 spiro atoms. The summed E-state index contributed by atoms with van der Waals surface area (Å²) < 4.78 is 0. The van der Waals surface area contributed by atoms with Gasteiger partial charge in [-0.1, -0.05) is 30.3 Å². The molecule has 1 saturated heterocycles. The first-order valence-electron chi connectivity index (χ1n) is 5.74. The first kappa shape index (κ1) is 10.9. The molecule has 3 nitrogen and oxygen atoms in total. The third-order valence-electron chi connectivity index (χ3n) is 2.73. The smallest absolute Gasteiger partial charge is 0.205 e. The average Bonchev–Trinajstić information content (AvgIpc) is 2.38. The van der Waals surface area contributed by atoms with Gasteiger partial charge in [0.05, 0.1) is 6.21 Å². The van der Waals surface area contributed by atoms with Crippen LogP contribution in [0.2, 0.25) is 0 Å². The Morgan fingerprint density at radius 1 is 1.12 bits per heavy atom. The van der Waals surface area contributed by atoms with Crippen LogP contribution in [0.3, 0.4) is 0 Å². The number of Topliss-reactive ketones (excluding diaryl/α,β-unsaturated/α-hetero) is 1. The second-order valence-electron chi connectivity index (χ2n) is 3.99. The predicted octanol–water partition coefficient (Wildman–Crippen LogP) is 2.34. The number of nitrogens with zero attached hydrogens (tertiary/aromatic N) is 2.